The maximum absolute atomic E-state index is 11.4. The number of carbonyl (C=O) groups is 1. The molecule has 4 nitrogen and oxygen atoms in total. The molecule has 0 bridgehead atoms. The maximum atomic E-state index is 11.4. The number of hydrogen-bond donors (Lipinski definition) is 2. The van der Waals surface area contributed by atoms with Crippen molar-refractivity contribution in [3.63, 3.8) is 0 Å². The van der Waals surface area contributed by atoms with E-state index in [2.05, 4.69) is 38.0 Å². The van der Waals surface area contributed by atoms with Crippen LogP contribution in [0, 0.1) is 5.92 Å². The van der Waals surface area contributed by atoms with Crippen LogP contribution in [0.5, 0.6) is 0 Å². The number of aliphatic carboxylic acids is 1. The molecule has 2 N–H and O–H groups in total. The zero-order chi connectivity index (χ0) is 15.3. The van der Waals surface area contributed by atoms with Gasteiger partial charge in [0.25, 0.3) is 0 Å². The molecular formula is C16H32N2O2. The lowest BCUT2D eigenvalue weighted by Crippen LogP contribution is -2.50. The summed E-state index contributed by atoms with van der Waals surface area (Å²) in [6, 6.07) is 1.00. The maximum Gasteiger partial charge on any atom is 0.323 e. The number of hydrogen-bond acceptors (Lipinski definition) is 3. The van der Waals surface area contributed by atoms with Crippen molar-refractivity contribution in [3.8, 4) is 0 Å². The quantitative estimate of drug-likeness (QED) is 0.606. The molecule has 0 aromatic heterocycles. The van der Waals surface area contributed by atoms with Crippen LogP contribution >= 0.6 is 0 Å². The molecule has 1 saturated carbocycles. The van der Waals surface area contributed by atoms with E-state index >= 15 is 0 Å². The minimum absolute atomic E-state index is 0.430. The van der Waals surface area contributed by atoms with Crippen LogP contribution in [0.3, 0.4) is 0 Å². The second-order valence-corrected chi connectivity index (χ2v) is 6.98. The van der Waals surface area contributed by atoms with Gasteiger partial charge >= 0.3 is 5.97 Å². The van der Waals surface area contributed by atoms with Gasteiger partial charge in [-0.3, -0.25) is 10.1 Å². The minimum Gasteiger partial charge on any atom is -0.480 e. The topological polar surface area (TPSA) is 52.6 Å². The second-order valence-electron chi connectivity index (χ2n) is 6.98. The number of carboxylic acids is 1. The average Bonchev–Trinajstić information content (AvgIpc) is 3.16. The van der Waals surface area contributed by atoms with Gasteiger partial charge in [0, 0.05) is 12.1 Å². The summed E-state index contributed by atoms with van der Waals surface area (Å²) in [6.45, 7) is 9.59. The lowest BCUT2D eigenvalue weighted by molar-refractivity contribution is -0.144. The fourth-order valence-electron chi connectivity index (χ4n) is 2.47. The van der Waals surface area contributed by atoms with Crippen LogP contribution in [0.25, 0.3) is 0 Å². The summed E-state index contributed by atoms with van der Waals surface area (Å²) in [4.78, 5) is 13.8. The van der Waals surface area contributed by atoms with E-state index in [4.69, 9.17) is 0 Å². The molecule has 1 aliphatic carbocycles. The van der Waals surface area contributed by atoms with Crippen molar-refractivity contribution in [2.24, 2.45) is 5.92 Å². The van der Waals surface area contributed by atoms with Gasteiger partial charge in [-0.2, -0.15) is 0 Å². The highest BCUT2D eigenvalue weighted by Gasteiger charge is 2.37. The predicted octanol–water partition coefficient (Wildman–Crippen LogP) is 2.73. The third-order valence-corrected chi connectivity index (χ3v) is 4.67. The first-order valence-electron chi connectivity index (χ1n) is 7.97. The van der Waals surface area contributed by atoms with Gasteiger partial charge < -0.3 is 10.0 Å². The fraction of sp³-hybridized carbons (Fsp3) is 0.938. The molecule has 0 aromatic rings. The van der Waals surface area contributed by atoms with E-state index in [-0.39, 0.29) is 0 Å². The number of nitrogens with zero attached hydrogens (tertiary/aromatic N) is 1. The van der Waals surface area contributed by atoms with Crippen molar-refractivity contribution < 1.29 is 9.90 Å². The Kier molecular flexibility index (Phi) is 6.46. The first-order valence-corrected chi connectivity index (χ1v) is 7.97. The summed E-state index contributed by atoms with van der Waals surface area (Å²) < 4.78 is 0. The SMILES string of the molecule is CC(C)C(C)N(C)CCCCC(C)(NC1CC1)C(=O)O. The molecule has 2 atom stereocenters. The van der Waals surface area contributed by atoms with E-state index in [1.165, 1.54) is 0 Å². The molecule has 2 unspecified atom stereocenters. The number of unbranched alkanes of at least 4 members (excludes halogenated alkanes) is 1. The molecule has 4 heteroatoms. The molecule has 1 aliphatic rings. The molecule has 0 saturated heterocycles. The van der Waals surface area contributed by atoms with Gasteiger partial charge in [0.2, 0.25) is 0 Å². The average molecular weight is 284 g/mol. The summed E-state index contributed by atoms with van der Waals surface area (Å²) in [5, 5.41) is 12.7. The second kappa shape index (κ2) is 7.41. The van der Waals surface area contributed by atoms with Gasteiger partial charge in [-0.05, 0) is 65.5 Å². The lowest BCUT2D eigenvalue weighted by atomic mass is 9.94. The van der Waals surface area contributed by atoms with Crippen LogP contribution in [0.1, 0.15) is 59.8 Å². The third kappa shape index (κ3) is 5.41. The number of carboxylic acid groups (broad SMARTS) is 1. The van der Waals surface area contributed by atoms with Crippen LogP contribution in [-0.4, -0.2) is 47.2 Å². The number of rotatable bonds is 10. The van der Waals surface area contributed by atoms with E-state index in [1.807, 2.05) is 6.92 Å². The first kappa shape index (κ1) is 17.4. The Morgan fingerprint density at radius 3 is 2.40 bits per heavy atom. The monoisotopic (exact) mass is 284 g/mol. The lowest BCUT2D eigenvalue weighted by Gasteiger charge is -2.29. The van der Waals surface area contributed by atoms with E-state index in [0.29, 0.717) is 24.4 Å². The van der Waals surface area contributed by atoms with Gasteiger partial charge in [-0.25, -0.2) is 0 Å². The van der Waals surface area contributed by atoms with Gasteiger partial charge in [-0.1, -0.05) is 13.8 Å². The van der Waals surface area contributed by atoms with Crippen molar-refractivity contribution in [1.29, 1.82) is 0 Å². The highest BCUT2D eigenvalue weighted by molar-refractivity contribution is 5.78. The van der Waals surface area contributed by atoms with Crippen LogP contribution < -0.4 is 5.32 Å². The molecule has 20 heavy (non-hydrogen) atoms. The van der Waals surface area contributed by atoms with E-state index in [0.717, 1.165) is 32.2 Å². The molecule has 0 aliphatic heterocycles. The number of nitrogens with one attached hydrogen (secondary N) is 1. The van der Waals surface area contributed by atoms with Crippen molar-refractivity contribution in [3.05, 3.63) is 0 Å². The Balaban J connectivity index is 2.28. The Morgan fingerprint density at radius 1 is 1.35 bits per heavy atom. The summed E-state index contributed by atoms with van der Waals surface area (Å²) in [5.41, 5.74) is -0.747. The molecule has 0 heterocycles. The molecule has 0 radical (unpaired) electrons. The van der Waals surface area contributed by atoms with Crippen LogP contribution in [0.4, 0.5) is 0 Å². The highest BCUT2D eigenvalue weighted by Crippen LogP contribution is 2.25. The molecule has 0 aromatic carbocycles. The molecule has 1 rings (SSSR count). The predicted molar refractivity (Wildman–Crippen MR) is 83.0 cm³/mol. The van der Waals surface area contributed by atoms with Gasteiger partial charge in [-0.15, -0.1) is 0 Å². The van der Waals surface area contributed by atoms with Crippen LogP contribution in [0.2, 0.25) is 0 Å². The van der Waals surface area contributed by atoms with E-state index < -0.39 is 11.5 Å². The standard InChI is InChI=1S/C16H32N2O2/c1-12(2)13(3)18(5)11-7-6-10-16(4,15(19)20)17-14-8-9-14/h12-14,17H,6-11H2,1-5H3,(H,19,20). The van der Waals surface area contributed by atoms with Crippen LogP contribution in [0.15, 0.2) is 0 Å². The zero-order valence-electron chi connectivity index (χ0n) is 13.8. The Hall–Kier alpha value is -0.610. The van der Waals surface area contributed by atoms with E-state index in [1.54, 1.807) is 0 Å². The fourth-order valence-corrected chi connectivity index (χ4v) is 2.47. The highest BCUT2D eigenvalue weighted by atomic mass is 16.4. The molecule has 0 amide bonds. The summed E-state index contributed by atoms with van der Waals surface area (Å²) in [7, 11) is 2.16. The van der Waals surface area contributed by atoms with Gasteiger partial charge in [0.15, 0.2) is 0 Å². The van der Waals surface area contributed by atoms with Crippen LogP contribution in [-0.2, 0) is 4.79 Å². The normalized spacial score (nSPS) is 20.1. The largest absolute Gasteiger partial charge is 0.480 e. The Bertz CT molecular complexity index is 316. The minimum atomic E-state index is -0.747. The summed E-state index contributed by atoms with van der Waals surface area (Å²) in [5.74, 6) is -0.0610. The third-order valence-electron chi connectivity index (χ3n) is 4.67. The van der Waals surface area contributed by atoms with Crippen molar-refractivity contribution in [1.82, 2.24) is 10.2 Å². The Labute approximate surface area is 123 Å². The Morgan fingerprint density at radius 2 is 1.95 bits per heavy atom. The van der Waals surface area contributed by atoms with Crippen molar-refractivity contribution in [2.75, 3.05) is 13.6 Å². The molecular weight excluding hydrogens is 252 g/mol. The molecule has 1 fully saturated rings. The van der Waals surface area contributed by atoms with E-state index in [9.17, 15) is 9.90 Å². The van der Waals surface area contributed by atoms with Crippen molar-refractivity contribution >= 4 is 5.97 Å². The summed E-state index contributed by atoms with van der Waals surface area (Å²) in [6.07, 6.45) is 4.97. The van der Waals surface area contributed by atoms with Crippen molar-refractivity contribution in [2.45, 2.75) is 77.4 Å². The molecule has 118 valence electrons. The smallest absolute Gasteiger partial charge is 0.323 e. The van der Waals surface area contributed by atoms with Gasteiger partial charge in [0.1, 0.15) is 5.54 Å². The zero-order valence-corrected chi connectivity index (χ0v) is 13.8. The van der Waals surface area contributed by atoms with Gasteiger partial charge in [0.05, 0.1) is 0 Å². The first-order chi connectivity index (χ1) is 9.26. The molecule has 0 spiro atoms. The summed E-state index contributed by atoms with van der Waals surface area (Å²) >= 11 is 0.